The molecule has 0 aliphatic carbocycles. The van der Waals surface area contributed by atoms with Crippen LogP contribution in [0, 0.1) is 20.8 Å². The molecule has 0 amide bonds. The molecule has 3 aromatic carbocycles. The molecule has 0 unspecified atom stereocenters. The number of aromatic amines is 1. The predicted molar refractivity (Wildman–Crippen MR) is 133 cm³/mol. The van der Waals surface area contributed by atoms with Gasteiger partial charge in [-0.2, -0.15) is 4.31 Å². The molecule has 1 aromatic heterocycles. The number of nitrogens with zero attached hydrogens (tertiary/aromatic N) is 1. The van der Waals surface area contributed by atoms with Gasteiger partial charge in [-0.1, -0.05) is 60.2 Å². The summed E-state index contributed by atoms with van der Waals surface area (Å²) in [5.74, 6) is 0. The zero-order valence-electron chi connectivity index (χ0n) is 19.1. The summed E-state index contributed by atoms with van der Waals surface area (Å²) in [5.41, 5.74) is 5.10. The number of rotatable bonds is 7. The van der Waals surface area contributed by atoms with Crippen molar-refractivity contribution in [2.24, 2.45) is 0 Å². The van der Waals surface area contributed by atoms with E-state index in [4.69, 9.17) is 0 Å². The molecule has 0 aliphatic heterocycles. The molecular weight excluding hydrogens is 432 g/mol. The minimum absolute atomic E-state index is 0.00123. The molecule has 0 saturated carbocycles. The van der Waals surface area contributed by atoms with Gasteiger partial charge < -0.3 is 4.98 Å². The van der Waals surface area contributed by atoms with Crippen molar-refractivity contribution in [3.05, 3.63) is 111 Å². The summed E-state index contributed by atoms with van der Waals surface area (Å²) in [6, 6.07) is 22.4. The molecule has 0 atom stereocenters. The average molecular weight is 461 g/mol. The van der Waals surface area contributed by atoms with Crippen LogP contribution in [-0.2, 0) is 23.0 Å². The second-order valence-electron chi connectivity index (χ2n) is 8.48. The van der Waals surface area contributed by atoms with Crippen molar-refractivity contribution in [1.82, 2.24) is 9.29 Å². The number of nitrogens with one attached hydrogen (secondary N) is 1. The van der Waals surface area contributed by atoms with Gasteiger partial charge in [0.05, 0.1) is 10.4 Å². The van der Waals surface area contributed by atoms with E-state index < -0.39 is 10.0 Å². The monoisotopic (exact) mass is 460 g/mol. The van der Waals surface area contributed by atoms with E-state index in [0.717, 1.165) is 33.2 Å². The summed E-state index contributed by atoms with van der Waals surface area (Å²) in [6.45, 7) is 6.16. The van der Waals surface area contributed by atoms with Gasteiger partial charge in [0, 0.05) is 18.7 Å². The van der Waals surface area contributed by atoms with Gasteiger partial charge in [-0.15, -0.1) is 0 Å². The van der Waals surface area contributed by atoms with Crippen LogP contribution in [0.1, 0.15) is 27.8 Å². The molecule has 0 aliphatic rings. The number of pyridine rings is 1. The molecule has 4 rings (SSSR count). The lowest BCUT2D eigenvalue weighted by Gasteiger charge is -2.22. The highest BCUT2D eigenvalue weighted by Gasteiger charge is 2.25. The Morgan fingerprint density at radius 2 is 1.58 bits per heavy atom. The summed E-state index contributed by atoms with van der Waals surface area (Å²) < 4.78 is 28.5. The first-order valence-corrected chi connectivity index (χ1v) is 12.4. The quantitative estimate of drug-likeness (QED) is 0.427. The molecule has 0 saturated heterocycles. The fraction of sp³-hybridized carbons (Fsp3) is 0.222. The van der Waals surface area contributed by atoms with Gasteiger partial charge in [-0.05, 0) is 67.5 Å². The Labute approximate surface area is 194 Å². The standard InChI is InChI=1S/C27H28N2O3S/c1-19-9-13-25(14-10-19)33(31,32)29(16-15-22-7-5-4-6-8-22)18-24-17-23-12-11-20(2)21(3)26(23)28-27(24)30/h4-14,17H,15-16,18H2,1-3H3,(H,28,30). The van der Waals surface area contributed by atoms with Crippen LogP contribution in [0.5, 0.6) is 0 Å². The normalized spacial score (nSPS) is 11.9. The third kappa shape index (κ3) is 4.92. The summed E-state index contributed by atoms with van der Waals surface area (Å²) in [7, 11) is -3.79. The predicted octanol–water partition coefficient (Wildman–Crippen LogP) is 4.89. The van der Waals surface area contributed by atoms with Gasteiger partial charge in [-0.25, -0.2) is 8.42 Å². The van der Waals surface area contributed by atoms with Crippen LogP contribution in [-0.4, -0.2) is 24.3 Å². The van der Waals surface area contributed by atoms with Crippen molar-refractivity contribution in [3.63, 3.8) is 0 Å². The molecule has 0 bridgehead atoms. The van der Waals surface area contributed by atoms with Crippen molar-refractivity contribution in [3.8, 4) is 0 Å². The maximum absolute atomic E-state index is 13.6. The Morgan fingerprint density at radius 3 is 2.27 bits per heavy atom. The van der Waals surface area contributed by atoms with Crippen LogP contribution in [0.2, 0.25) is 0 Å². The Morgan fingerprint density at radius 1 is 0.879 bits per heavy atom. The van der Waals surface area contributed by atoms with Crippen LogP contribution in [0.25, 0.3) is 10.9 Å². The molecule has 0 radical (unpaired) electrons. The Kier molecular flexibility index (Phi) is 6.49. The first-order chi connectivity index (χ1) is 15.8. The van der Waals surface area contributed by atoms with Crippen LogP contribution in [0.15, 0.2) is 82.5 Å². The van der Waals surface area contributed by atoms with Crippen molar-refractivity contribution >= 4 is 20.9 Å². The van der Waals surface area contributed by atoms with E-state index in [9.17, 15) is 13.2 Å². The minimum Gasteiger partial charge on any atom is -0.321 e. The van der Waals surface area contributed by atoms with E-state index >= 15 is 0 Å². The summed E-state index contributed by atoms with van der Waals surface area (Å²) in [5, 5.41) is 0.892. The number of hydrogen-bond donors (Lipinski definition) is 1. The molecule has 0 spiro atoms. The second kappa shape index (κ2) is 9.33. The molecule has 1 heterocycles. The number of aromatic nitrogens is 1. The minimum atomic E-state index is -3.79. The first kappa shape index (κ1) is 23.0. The van der Waals surface area contributed by atoms with Gasteiger partial charge in [0.2, 0.25) is 10.0 Å². The van der Waals surface area contributed by atoms with E-state index in [-0.39, 0.29) is 23.5 Å². The van der Waals surface area contributed by atoms with Crippen molar-refractivity contribution in [1.29, 1.82) is 0 Å². The zero-order chi connectivity index (χ0) is 23.6. The Balaban J connectivity index is 1.73. The highest BCUT2D eigenvalue weighted by atomic mass is 32.2. The maximum atomic E-state index is 13.6. The zero-order valence-corrected chi connectivity index (χ0v) is 19.9. The van der Waals surface area contributed by atoms with Crippen LogP contribution < -0.4 is 5.56 Å². The topological polar surface area (TPSA) is 70.2 Å². The smallest absolute Gasteiger partial charge is 0.252 e. The average Bonchev–Trinajstić information content (AvgIpc) is 2.81. The highest BCUT2D eigenvalue weighted by Crippen LogP contribution is 2.22. The van der Waals surface area contributed by atoms with Gasteiger partial charge in [0.25, 0.3) is 5.56 Å². The van der Waals surface area contributed by atoms with Crippen LogP contribution in [0.4, 0.5) is 0 Å². The Hall–Kier alpha value is -3.22. The molecular formula is C27H28N2O3S. The number of sulfonamides is 1. The third-order valence-corrected chi connectivity index (χ3v) is 7.99. The van der Waals surface area contributed by atoms with E-state index in [0.29, 0.717) is 12.0 Å². The lowest BCUT2D eigenvalue weighted by molar-refractivity contribution is 0.408. The molecule has 5 nitrogen and oxygen atoms in total. The summed E-state index contributed by atoms with van der Waals surface area (Å²) >= 11 is 0. The lowest BCUT2D eigenvalue weighted by Crippen LogP contribution is -2.34. The van der Waals surface area contributed by atoms with Gasteiger partial charge in [0.1, 0.15) is 0 Å². The maximum Gasteiger partial charge on any atom is 0.252 e. The van der Waals surface area contributed by atoms with Crippen molar-refractivity contribution < 1.29 is 8.42 Å². The highest BCUT2D eigenvalue weighted by molar-refractivity contribution is 7.89. The second-order valence-corrected chi connectivity index (χ2v) is 10.4. The van der Waals surface area contributed by atoms with E-state index in [1.165, 1.54) is 4.31 Å². The van der Waals surface area contributed by atoms with E-state index in [1.54, 1.807) is 30.3 Å². The molecule has 6 heteroatoms. The largest absolute Gasteiger partial charge is 0.321 e. The third-order valence-electron chi connectivity index (χ3n) is 6.13. The van der Waals surface area contributed by atoms with E-state index in [1.807, 2.05) is 63.2 Å². The Bertz CT molecular complexity index is 1440. The lowest BCUT2D eigenvalue weighted by atomic mass is 10.0. The fourth-order valence-electron chi connectivity index (χ4n) is 3.92. The molecule has 0 fully saturated rings. The van der Waals surface area contributed by atoms with Gasteiger partial charge in [-0.3, -0.25) is 4.79 Å². The number of fused-ring (bicyclic) bond motifs is 1. The van der Waals surface area contributed by atoms with Crippen LogP contribution >= 0.6 is 0 Å². The number of aryl methyl sites for hydroxylation is 3. The molecule has 1 N–H and O–H groups in total. The fourth-order valence-corrected chi connectivity index (χ4v) is 5.34. The molecule has 4 aromatic rings. The molecule has 170 valence electrons. The number of benzene rings is 3. The van der Waals surface area contributed by atoms with Gasteiger partial charge >= 0.3 is 0 Å². The first-order valence-electron chi connectivity index (χ1n) is 11.0. The summed E-state index contributed by atoms with van der Waals surface area (Å²) in [4.78, 5) is 16.1. The van der Waals surface area contributed by atoms with E-state index in [2.05, 4.69) is 4.98 Å². The van der Waals surface area contributed by atoms with Crippen molar-refractivity contribution in [2.75, 3.05) is 6.54 Å². The SMILES string of the molecule is Cc1ccc(S(=O)(=O)N(CCc2ccccc2)Cc2cc3ccc(C)c(C)c3[nH]c2=O)cc1. The molecule has 33 heavy (non-hydrogen) atoms. The number of hydrogen-bond acceptors (Lipinski definition) is 3. The van der Waals surface area contributed by atoms with Crippen molar-refractivity contribution in [2.45, 2.75) is 38.6 Å². The van der Waals surface area contributed by atoms with Gasteiger partial charge in [0.15, 0.2) is 0 Å². The summed E-state index contributed by atoms with van der Waals surface area (Å²) in [6.07, 6.45) is 0.551. The van der Waals surface area contributed by atoms with Crippen LogP contribution in [0.3, 0.4) is 0 Å². The number of H-pyrrole nitrogens is 1.